The highest BCUT2D eigenvalue weighted by atomic mass is 16.5. The monoisotopic (exact) mass is 284 g/mol. The number of ether oxygens (including phenoxy) is 1. The van der Waals surface area contributed by atoms with E-state index in [0.29, 0.717) is 6.04 Å². The van der Waals surface area contributed by atoms with Gasteiger partial charge >= 0.3 is 0 Å². The van der Waals surface area contributed by atoms with Crippen molar-refractivity contribution >= 4 is 0 Å². The third kappa shape index (κ3) is 5.20. The first-order valence-electron chi connectivity index (χ1n) is 7.46. The van der Waals surface area contributed by atoms with Crippen molar-refractivity contribution in [1.29, 1.82) is 0 Å². The van der Waals surface area contributed by atoms with Crippen LogP contribution < -0.4 is 10.1 Å². The van der Waals surface area contributed by atoms with Gasteiger partial charge in [-0.15, -0.1) is 0 Å². The number of aromatic nitrogens is 1. The number of hydrogen-bond donors (Lipinski definition) is 1. The largest absolute Gasteiger partial charge is 0.497 e. The molecule has 2 rings (SSSR count). The van der Waals surface area contributed by atoms with E-state index >= 15 is 0 Å². The summed E-state index contributed by atoms with van der Waals surface area (Å²) in [5.41, 5.74) is 3.52. The molecule has 0 saturated carbocycles. The van der Waals surface area contributed by atoms with E-state index in [1.807, 2.05) is 25.1 Å². The molecule has 1 aromatic carbocycles. The molecule has 2 aromatic rings. The maximum atomic E-state index is 5.17. The summed E-state index contributed by atoms with van der Waals surface area (Å²) in [4.78, 5) is 4.51. The van der Waals surface area contributed by atoms with Gasteiger partial charge < -0.3 is 10.1 Å². The molecule has 0 radical (unpaired) electrons. The Balaban J connectivity index is 1.75. The number of aryl methyl sites for hydroxylation is 2. The summed E-state index contributed by atoms with van der Waals surface area (Å²) in [6, 6.07) is 14.9. The van der Waals surface area contributed by atoms with E-state index in [4.69, 9.17) is 4.74 Å². The summed E-state index contributed by atoms with van der Waals surface area (Å²) in [6.45, 7) is 5.07. The van der Waals surface area contributed by atoms with Gasteiger partial charge in [0.2, 0.25) is 0 Å². The Bertz CT molecular complexity index is 551. The number of methoxy groups -OCH3 is 1. The van der Waals surface area contributed by atoms with Crippen molar-refractivity contribution in [2.24, 2.45) is 0 Å². The van der Waals surface area contributed by atoms with E-state index in [-0.39, 0.29) is 0 Å². The van der Waals surface area contributed by atoms with Crippen LogP contribution in [0.2, 0.25) is 0 Å². The standard InChI is InChI=1S/C18H24N2O/c1-14(19-13-17-6-4-5-15(2)20-17)7-8-16-9-11-18(21-3)12-10-16/h4-6,9-12,14,19H,7-8,13H2,1-3H3. The Morgan fingerprint density at radius 1 is 1.14 bits per heavy atom. The first kappa shape index (κ1) is 15.5. The highest BCUT2D eigenvalue weighted by molar-refractivity contribution is 5.27. The van der Waals surface area contributed by atoms with E-state index in [2.05, 4.69) is 41.5 Å². The zero-order chi connectivity index (χ0) is 15.1. The molecule has 21 heavy (non-hydrogen) atoms. The minimum Gasteiger partial charge on any atom is -0.497 e. The summed E-state index contributed by atoms with van der Waals surface area (Å²) in [5.74, 6) is 0.912. The van der Waals surface area contributed by atoms with Crippen molar-refractivity contribution in [1.82, 2.24) is 10.3 Å². The van der Waals surface area contributed by atoms with Crippen molar-refractivity contribution in [3.8, 4) is 5.75 Å². The molecule has 0 aliphatic rings. The fourth-order valence-corrected chi connectivity index (χ4v) is 2.25. The van der Waals surface area contributed by atoms with Crippen molar-refractivity contribution in [3.05, 3.63) is 59.4 Å². The van der Waals surface area contributed by atoms with Gasteiger partial charge in [0, 0.05) is 18.3 Å². The summed E-state index contributed by atoms with van der Waals surface area (Å²) in [6.07, 6.45) is 2.18. The first-order valence-corrected chi connectivity index (χ1v) is 7.46. The molecule has 0 amide bonds. The fourth-order valence-electron chi connectivity index (χ4n) is 2.25. The molecule has 0 bridgehead atoms. The first-order chi connectivity index (χ1) is 10.2. The van der Waals surface area contributed by atoms with Crippen molar-refractivity contribution in [2.45, 2.75) is 39.3 Å². The van der Waals surface area contributed by atoms with Crippen LogP contribution in [0.4, 0.5) is 0 Å². The molecule has 0 aliphatic heterocycles. The average Bonchev–Trinajstić information content (AvgIpc) is 2.51. The minimum absolute atomic E-state index is 0.467. The zero-order valence-electron chi connectivity index (χ0n) is 13.1. The van der Waals surface area contributed by atoms with Crippen molar-refractivity contribution < 1.29 is 4.74 Å². The number of nitrogens with one attached hydrogen (secondary N) is 1. The fraction of sp³-hybridized carbons (Fsp3) is 0.389. The van der Waals surface area contributed by atoms with Gasteiger partial charge in [0.25, 0.3) is 0 Å². The summed E-state index contributed by atoms with van der Waals surface area (Å²) >= 11 is 0. The van der Waals surface area contributed by atoms with E-state index < -0.39 is 0 Å². The molecule has 1 aromatic heterocycles. The average molecular weight is 284 g/mol. The van der Waals surface area contributed by atoms with Gasteiger partial charge in [0.05, 0.1) is 12.8 Å². The Hall–Kier alpha value is -1.87. The summed E-state index contributed by atoms with van der Waals surface area (Å²) in [7, 11) is 1.69. The molecule has 0 spiro atoms. The lowest BCUT2D eigenvalue weighted by Gasteiger charge is -2.14. The molecule has 1 unspecified atom stereocenters. The minimum atomic E-state index is 0.467. The Morgan fingerprint density at radius 2 is 1.90 bits per heavy atom. The number of hydrogen-bond acceptors (Lipinski definition) is 3. The number of benzene rings is 1. The van der Waals surface area contributed by atoms with Gasteiger partial charge in [0.15, 0.2) is 0 Å². The van der Waals surface area contributed by atoms with Gasteiger partial charge in [-0.05, 0) is 56.5 Å². The predicted molar refractivity (Wildman–Crippen MR) is 86.6 cm³/mol. The van der Waals surface area contributed by atoms with E-state index in [1.54, 1.807) is 7.11 Å². The summed E-state index contributed by atoms with van der Waals surface area (Å²) < 4.78 is 5.17. The SMILES string of the molecule is COc1ccc(CCC(C)NCc2cccc(C)n2)cc1. The molecule has 1 atom stereocenters. The number of rotatable bonds is 7. The van der Waals surface area contributed by atoms with Gasteiger partial charge in [0.1, 0.15) is 5.75 Å². The van der Waals surface area contributed by atoms with Crippen LogP contribution in [-0.4, -0.2) is 18.1 Å². The molecular formula is C18H24N2O. The highest BCUT2D eigenvalue weighted by Gasteiger charge is 2.03. The molecule has 1 N–H and O–H groups in total. The van der Waals surface area contributed by atoms with Crippen LogP contribution in [0.15, 0.2) is 42.5 Å². The van der Waals surface area contributed by atoms with Crippen LogP contribution in [0.3, 0.4) is 0 Å². The molecule has 112 valence electrons. The second-order valence-electron chi connectivity index (χ2n) is 5.44. The maximum Gasteiger partial charge on any atom is 0.118 e. The second kappa shape index (κ2) is 7.79. The van der Waals surface area contributed by atoms with Crippen LogP contribution in [0.5, 0.6) is 5.75 Å². The molecule has 0 aliphatic carbocycles. The van der Waals surface area contributed by atoms with Crippen LogP contribution >= 0.6 is 0 Å². The summed E-state index contributed by atoms with van der Waals surface area (Å²) in [5, 5.41) is 3.53. The predicted octanol–water partition coefficient (Wildman–Crippen LogP) is 3.51. The molecule has 0 fully saturated rings. The Morgan fingerprint density at radius 3 is 2.57 bits per heavy atom. The van der Waals surface area contributed by atoms with Gasteiger partial charge in [-0.1, -0.05) is 18.2 Å². The van der Waals surface area contributed by atoms with Crippen molar-refractivity contribution in [3.63, 3.8) is 0 Å². The lowest BCUT2D eigenvalue weighted by molar-refractivity contribution is 0.414. The van der Waals surface area contributed by atoms with Crippen LogP contribution in [0.1, 0.15) is 30.3 Å². The lowest BCUT2D eigenvalue weighted by atomic mass is 10.1. The van der Waals surface area contributed by atoms with Gasteiger partial charge in [-0.3, -0.25) is 4.98 Å². The van der Waals surface area contributed by atoms with E-state index in [0.717, 1.165) is 36.5 Å². The molecule has 0 saturated heterocycles. The quantitative estimate of drug-likeness (QED) is 0.845. The van der Waals surface area contributed by atoms with Crippen LogP contribution in [0, 0.1) is 6.92 Å². The Labute approximate surface area is 127 Å². The highest BCUT2D eigenvalue weighted by Crippen LogP contribution is 2.13. The normalized spacial score (nSPS) is 12.1. The van der Waals surface area contributed by atoms with E-state index in [9.17, 15) is 0 Å². The topological polar surface area (TPSA) is 34.1 Å². The molecule has 1 heterocycles. The third-order valence-electron chi connectivity index (χ3n) is 3.60. The van der Waals surface area contributed by atoms with Crippen LogP contribution in [-0.2, 0) is 13.0 Å². The van der Waals surface area contributed by atoms with Gasteiger partial charge in [-0.25, -0.2) is 0 Å². The third-order valence-corrected chi connectivity index (χ3v) is 3.60. The maximum absolute atomic E-state index is 5.17. The zero-order valence-corrected chi connectivity index (χ0v) is 13.1. The van der Waals surface area contributed by atoms with Crippen molar-refractivity contribution in [2.75, 3.05) is 7.11 Å². The molecule has 3 heteroatoms. The molecular weight excluding hydrogens is 260 g/mol. The number of nitrogens with zero attached hydrogens (tertiary/aromatic N) is 1. The van der Waals surface area contributed by atoms with Gasteiger partial charge in [-0.2, -0.15) is 0 Å². The number of pyridine rings is 1. The lowest BCUT2D eigenvalue weighted by Crippen LogP contribution is -2.26. The molecule has 3 nitrogen and oxygen atoms in total. The smallest absolute Gasteiger partial charge is 0.118 e. The van der Waals surface area contributed by atoms with Crippen LogP contribution in [0.25, 0.3) is 0 Å². The second-order valence-corrected chi connectivity index (χ2v) is 5.44. The Kier molecular flexibility index (Phi) is 5.76. The van der Waals surface area contributed by atoms with E-state index in [1.165, 1.54) is 5.56 Å².